The molecule has 5 nitrogen and oxygen atoms in total. The number of aromatic amines is 1. The number of aromatic nitrogens is 2. The van der Waals surface area contributed by atoms with Gasteiger partial charge in [0.05, 0.1) is 6.26 Å². The topological polar surface area (TPSA) is 70.9 Å². The van der Waals surface area contributed by atoms with Gasteiger partial charge in [-0.2, -0.15) is 5.10 Å². The Labute approximate surface area is 117 Å². The van der Waals surface area contributed by atoms with Crippen molar-refractivity contribution in [1.82, 2.24) is 10.2 Å². The van der Waals surface area contributed by atoms with Crippen LogP contribution in [0.5, 0.6) is 0 Å². The molecule has 5 heteroatoms. The Hall–Kier alpha value is -2.30. The van der Waals surface area contributed by atoms with Gasteiger partial charge in [0, 0.05) is 17.9 Å². The fourth-order valence-corrected chi connectivity index (χ4v) is 2.72. The lowest BCUT2D eigenvalue weighted by Crippen LogP contribution is -2.23. The van der Waals surface area contributed by atoms with Gasteiger partial charge in [0.1, 0.15) is 5.69 Å². The van der Waals surface area contributed by atoms with Crippen LogP contribution in [0.4, 0.5) is 5.82 Å². The van der Waals surface area contributed by atoms with E-state index in [2.05, 4.69) is 35.4 Å². The molecule has 0 saturated heterocycles. The van der Waals surface area contributed by atoms with Crippen LogP contribution in [0.15, 0.2) is 34.5 Å². The molecule has 1 aliphatic heterocycles. The number of allylic oxidation sites excluding steroid dienone is 2. The Balaban J connectivity index is 2.11. The second-order valence-corrected chi connectivity index (χ2v) is 5.00. The SMILES string of the molecule is CC/C=C(\C)[C@H]1CC(=O)Nc2n[nH]c(-c3ccco3)c21. The molecule has 0 aromatic carbocycles. The van der Waals surface area contributed by atoms with Crippen LogP contribution >= 0.6 is 0 Å². The molecule has 1 atom stereocenters. The zero-order chi connectivity index (χ0) is 14.1. The van der Waals surface area contributed by atoms with E-state index in [9.17, 15) is 4.79 Å². The highest BCUT2D eigenvalue weighted by Gasteiger charge is 2.32. The molecular weight excluding hydrogens is 254 g/mol. The van der Waals surface area contributed by atoms with E-state index in [-0.39, 0.29) is 11.8 Å². The number of fused-ring (bicyclic) bond motifs is 1. The van der Waals surface area contributed by atoms with Gasteiger partial charge in [-0.05, 0) is 25.5 Å². The molecule has 104 valence electrons. The standard InChI is InChI=1S/C15H17N3O2/c1-3-5-9(2)10-8-12(19)16-15-13(10)14(17-18-15)11-6-4-7-20-11/h4-7,10H,3,8H2,1-2H3,(H2,16,17,18,19)/b9-5+/t10-/m1/s1. The van der Waals surface area contributed by atoms with Crippen LogP contribution in [0.25, 0.3) is 11.5 Å². The van der Waals surface area contributed by atoms with E-state index in [1.165, 1.54) is 5.57 Å². The fourth-order valence-electron chi connectivity index (χ4n) is 2.72. The van der Waals surface area contributed by atoms with Gasteiger partial charge in [-0.25, -0.2) is 0 Å². The van der Waals surface area contributed by atoms with Crippen LogP contribution in [0.3, 0.4) is 0 Å². The Kier molecular flexibility index (Phi) is 3.18. The number of carbonyl (C=O) groups excluding carboxylic acids is 1. The van der Waals surface area contributed by atoms with Crippen molar-refractivity contribution >= 4 is 11.7 Å². The lowest BCUT2D eigenvalue weighted by Gasteiger charge is -2.23. The van der Waals surface area contributed by atoms with Crippen LogP contribution in [-0.2, 0) is 4.79 Å². The van der Waals surface area contributed by atoms with Crippen LogP contribution in [0.1, 0.15) is 38.2 Å². The molecule has 0 fully saturated rings. The van der Waals surface area contributed by atoms with Crippen molar-refractivity contribution < 1.29 is 9.21 Å². The average molecular weight is 271 g/mol. The molecule has 2 N–H and O–H groups in total. The number of furan rings is 1. The van der Waals surface area contributed by atoms with Crippen LogP contribution in [0.2, 0.25) is 0 Å². The van der Waals surface area contributed by atoms with E-state index in [1.807, 2.05) is 12.1 Å². The molecule has 1 aliphatic rings. The number of amides is 1. The maximum absolute atomic E-state index is 11.8. The van der Waals surface area contributed by atoms with Gasteiger partial charge in [0.15, 0.2) is 11.6 Å². The molecule has 0 radical (unpaired) electrons. The first-order chi connectivity index (χ1) is 9.70. The summed E-state index contributed by atoms with van der Waals surface area (Å²) in [4.78, 5) is 11.8. The highest BCUT2D eigenvalue weighted by atomic mass is 16.3. The van der Waals surface area contributed by atoms with Crippen molar-refractivity contribution in [2.75, 3.05) is 5.32 Å². The Morgan fingerprint density at radius 1 is 1.60 bits per heavy atom. The number of nitrogens with zero attached hydrogens (tertiary/aromatic N) is 1. The summed E-state index contributed by atoms with van der Waals surface area (Å²) >= 11 is 0. The van der Waals surface area contributed by atoms with Gasteiger partial charge in [0.2, 0.25) is 5.91 Å². The van der Waals surface area contributed by atoms with Crippen molar-refractivity contribution in [1.29, 1.82) is 0 Å². The first-order valence-electron chi connectivity index (χ1n) is 6.79. The number of H-pyrrole nitrogens is 1. The highest BCUT2D eigenvalue weighted by Crippen LogP contribution is 2.41. The third-order valence-electron chi connectivity index (χ3n) is 3.64. The second kappa shape index (κ2) is 5.00. The van der Waals surface area contributed by atoms with E-state index in [0.717, 1.165) is 23.4 Å². The smallest absolute Gasteiger partial charge is 0.226 e. The first kappa shape index (κ1) is 12.7. The molecule has 0 bridgehead atoms. The number of hydrogen-bond donors (Lipinski definition) is 2. The minimum Gasteiger partial charge on any atom is -0.463 e. The molecule has 2 aromatic rings. The Morgan fingerprint density at radius 2 is 2.45 bits per heavy atom. The predicted octanol–water partition coefficient (Wildman–Crippen LogP) is 3.45. The van der Waals surface area contributed by atoms with E-state index in [1.54, 1.807) is 6.26 Å². The van der Waals surface area contributed by atoms with Gasteiger partial charge < -0.3 is 9.73 Å². The van der Waals surface area contributed by atoms with E-state index < -0.39 is 0 Å². The van der Waals surface area contributed by atoms with Crippen LogP contribution in [0, 0.1) is 0 Å². The van der Waals surface area contributed by atoms with Crippen molar-refractivity contribution in [3.05, 3.63) is 35.6 Å². The third-order valence-corrected chi connectivity index (χ3v) is 3.64. The number of hydrogen-bond acceptors (Lipinski definition) is 3. The van der Waals surface area contributed by atoms with Crippen LogP contribution in [-0.4, -0.2) is 16.1 Å². The predicted molar refractivity (Wildman–Crippen MR) is 76.3 cm³/mol. The van der Waals surface area contributed by atoms with Crippen molar-refractivity contribution in [3.63, 3.8) is 0 Å². The monoisotopic (exact) mass is 271 g/mol. The largest absolute Gasteiger partial charge is 0.463 e. The van der Waals surface area contributed by atoms with Crippen molar-refractivity contribution in [2.24, 2.45) is 0 Å². The van der Waals surface area contributed by atoms with E-state index >= 15 is 0 Å². The molecule has 20 heavy (non-hydrogen) atoms. The molecule has 0 unspecified atom stereocenters. The van der Waals surface area contributed by atoms with E-state index in [4.69, 9.17) is 4.42 Å². The lowest BCUT2D eigenvalue weighted by molar-refractivity contribution is -0.116. The zero-order valence-electron chi connectivity index (χ0n) is 11.6. The zero-order valence-corrected chi connectivity index (χ0v) is 11.6. The summed E-state index contributed by atoms with van der Waals surface area (Å²) in [6.45, 7) is 4.16. The summed E-state index contributed by atoms with van der Waals surface area (Å²) in [5, 5.41) is 10.0. The molecule has 3 heterocycles. The van der Waals surface area contributed by atoms with Gasteiger partial charge >= 0.3 is 0 Å². The Morgan fingerprint density at radius 3 is 3.15 bits per heavy atom. The molecule has 0 spiro atoms. The van der Waals surface area contributed by atoms with Crippen molar-refractivity contribution in [3.8, 4) is 11.5 Å². The summed E-state index contributed by atoms with van der Waals surface area (Å²) in [5.74, 6) is 1.41. The normalized spacial score (nSPS) is 18.8. The molecular formula is C15H17N3O2. The molecule has 2 aromatic heterocycles. The summed E-state index contributed by atoms with van der Waals surface area (Å²) in [6.07, 6.45) is 5.19. The summed E-state index contributed by atoms with van der Waals surface area (Å²) in [7, 11) is 0. The second-order valence-electron chi connectivity index (χ2n) is 5.00. The summed E-state index contributed by atoms with van der Waals surface area (Å²) < 4.78 is 5.46. The molecule has 0 aliphatic carbocycles. The number of anilines is 1. The Bertz CT molecular complexity index is 653. The number of rotatable bonds is 3. The molecule has 0 saturated carbocycles. The lowest BCUT2D eigenvalue weighted by atomic mass is 9.85. The van der Waals surface area contributed by atoms with Crippen molar-refractivity contribution in [2.45, 2.75) is 32.6 Å². The summed E-state index contributed by atoms with van der Waals surface area (Å²) in [5.41, 5.74) is 3.05. The minimum atomic E-state index is 0.00356. The third kappa shape index (κ3) is 2.05. The van der Waals surface area contributed by atoms with E-state index in [0.29, 0.717) is 12.2 Å². The minimum absolute atomic E-state index is 0.00356. The highest BCUT2D eigenvalue weighted by molar-refractivity contribution is 5.95. The van der Waals surface area contributed by atoms with Gasteiger partial charge in [0.25, 0.3) is 0 Å². The number of nitrogens with one attached hydrogen (secondary N) is 2. The first-order valence-corrected chi connectivity index (χ1v) is 6.79. The van der Waals surface area contributed by atoms with Gasteiger partial charge in [-0.1, -0.05) is 18.6 Å². The van der Waals surface area contributed by atoms with Gasteiger partial charge in [-0.3, -0.25) is 9.89 Å². The maximum Gasteiger partial charge on any atom is 0.226 e. The summed E-state index contributed by atoms with van der Waals surface area (Å²) in [6, 6.07) is 3.73. The molecule has 3 rings (SSSR count). The van der Waals surface area contributed by atoms with Gasteiger partial charge in [-0.15, -0.1) is 0 Å². The fraction of sp³-hybridized carbons (Fsp3) is 0.333. The van der Waals surface area contributed by atoms with Crippen LogP contribution < -0.4 is 5.32 Å². The quantitative estimate of drug-likeness (QED) is 0.840. The molecule has 1 amide bonds. The average Bonchev–Trinajstić information content (AvgIpc) is 3.05. The number of carbonyl (C=O) groups is 1. The maximum atomic E-state index is 11.8.